The van der Waals surface area contributed by atoms with Gasteiger partial charge in [0.2, 0.25) is 0 Å². The summed E-state index contributed by atoms with van der Waals surface area (Å²) in [4.78, 5) is 0. The zero-order valence-corrected chi connectivity index (χ0v) is 6.18. The van der Waals surface area contributed by atoms with Crippen LogP contribution in [0.4, 0.5) is 0 Å². The normalized spacial score (nSPS) is 9.20. The minimum atomic E-state index is 0. The van der Waals surface area contributed by atoms with E-state index in [0.29, 0.717) is 0 Å². The van der Waals surface area contributed by atoms with Gasteiger partial charge in [0.1, 0.15) is 5.58 Å². The van der Waals surface area contributed by atoms with Crippen LogP contribution in [-0.4, -0.2) is 0 Å². The maximum absolute atomic E-state index is 5.12. The van der Waals surface area contributed by atoms with E-state index in [4.69, 9.17) is 4.42 Å². The summed E-state index contributed by atoms with van der Waals surface area (Å²) in [5, 5.41) is 1.16. The van der Waals surface area contributed by atoms with Gasteiger partial charge in [0, 0.05) is 21.9 Å². The Balaban J connectivity index is 0.000000500. The van der Waals surface area contributed by atoms with Crippen LogP contribution in [0.25, 0.3) is 11.0 Å². The number of hydrogen-bond acceptors (Lipinski definition) is 1. The third-order valence-corrected chi connectivity index (χ3v) is 1.36. The number of hydrogen-bond donors (Lipinski definition) is 0. The van der Waals surface area contributed by atoms with Crippen molar-refractivity contribution in [3.05, 3.63) is 36.6 Å². The predicted octanol–water partition coefficient (Wildman–Crippen LogP) is 2.43. The van der Waals surface area contributed by atoms with Crippen molar-refractivity contribution in [2.45, 2.75) is 0 Å². The van der Waals surface area contributed by atoms with Gasteiger partial charge >= 0.3 is 0 Å². The van der Waals surface area contributed by atoms with Crippen molar-refractivity contribution in [3.63, 3.8) is 0 Å². The fourth-order valence-electron chi connectivity index (χ4n) is 0.906. The van der Waals surface area contributed by atoms with Gasteiger partial charge in [-0.05, 0) is 12.1 Å². The summed E-state index contributed by atoms with van der Waals surface area (Å²) in [5.41, 5.74) is 0.956. The van der Waals surface area contributed by atoms with E-state index in [0.717, 1.165) is 11.0 Å². The van der Waals surface area contributed by atoms with Crippen LogP contribution in [0.1, 0.15) is 0 Å². The molecular formula is C8H6NiO. The Labute approximate surface area is 69.0 Å². The predicted molar refractivity (Wildman–Crippen MR) is 36.2 cm³/mol. The molecule has 1 heterocycles. The van der Waals surface area contributed by atoms with E-state index in [9.17, 15) is 0 Å². The van der Waals surface area contributed by atoms with Crippen LogP contribution in [0.3, 0.4) is 0 Å². The Morgan fingerprint density at radius 2 is 1.80 bits per heavy atom. The van der Waals surface area contributed by atoms with Gasteiger partial charge in [0.15, 0.2) is 0 Å². The minimum Gasteiger partial charge on any atom is -0.464 e. The molecule has 0 saturated heterocycles. The smallest absolute Gasteiger partial charge is 0.133 e. The summed E-state index contributed by atoms with van der Waals surface area (Å²) in [7, 11) is 0. The van der Waals surface area contributed by atoms with Crippen LogP contribution in [0, 0.1) is 0 Å². The summed E-state index contributed by atoms with van der Waals surface area (Å²) in [5.74, 6) is 0. The number of rotatable bonds is 0. The van der Waals surface area contributed by atoms with Gasteiger partial charge in [-0.15, -0.1) is 0 Å². The molecule has 0 fully saturated rings. The molecule has 0 aliphatic carbocycles. The van der Waals surface area contributed by atoms with Crippen molar-refractivity contribution >= 4 is 11.0 Å². The van der Waals surface area contributed by atoms with Crippen LogP contribution in [0.5, 0.6) is 0 Å². The molecular weight excluding hydrogens is 171 g/mol. The number of benzene rings is 1. The molecule has 0 N–H and O–H groups in total. The Morgan fingerprint density at radius 1 is 1.00 bits per heavy atom. The SMILES string of the molecule is [Ni].c1ccc2occc2c1. The summed E-state index contributed by atoms with van der Waals surface area (Å²) in [6.45, 7) is 0. The summed E-state index contributed by atoms with van der Waals surface area (Å²) in [6.07, 6.45) is 1.70. The van der Waals surface area contributed by atoms with Crippen LogP contribution in [-0.2, 0) is 16.5 Å². The first-order chi connectivity index (χ1) is 4.47. The Kier molecular flexibility index (Phi) is 2.13. The Hall–Kier alpha value is -0.746. The second-order valence-corrected chi connectivity index (χ2v) is 1.96. The fourth-order valence-corrected chi connectivity index (χ4v) is 0.906. The van der Waals surface area contributed by atoms with E-state index < -0.39 is 0 Å². The Bertz CT molecular complexity index is 283. The molecule has 0 atom stereocenters. The molecule has 1 aromatic heterocycles. The maximum Gasteiger partial charge on any atom is 0.133 e. The molecule has 0 saturated carbocycles. The molecule has 0 bridgehead atoms. The van der Waals surface area contributed by atoms with Crippen LogP contribution >= 0.6 is 0 Å². The first-order valence-corrected chi connectivity index (χ1v) is 2.89. The monoisotopic (exact) mass is 176 g/mol. The van der Waals surface area contributed by atoms with Crippen molar-refractivity contribution in [1.82, 2.24) is 0 Å². The summed E-state index contributed by atoms with van der Waals surface area (Å²) in [6, 6.07) is 9.90. The van der Waals surface area contributed by atoms with Crippen LogP contribution in [0.15, 0.2) is 41.0 Å². The van der Waals surface area contributed by atoms with Crippen molar-refractivity contribution in [2.24, 2.45) is 0 Å². The topological polar surface area (TPSA) is 13.1 Å². The quantitative estimate of drug-likeness (QED) is 0.563. The molecule has 0 radical (unpaired) electrons. The zero-order chi connectivity index (χ0) is 6.10. The second kappa shape index (κ2) is 2.89. The average Bonchev–Trinajstić information content (AvgIpc) is 2.33. The largest absolute Gasteiger partial charge is 0.464 e. The fraction of sp³-hybridized carbons (Fsp3) is 0. The molecule has 0 amide bonds. The maximum atomic E-state index is 5.12. The third-order valence-electron chi connectivity index (χ3n) is 1.36. The average molecular weight is 177 g/mol. The summed E-state index contributed by atoms with van der Waals surface area (Å²) >= 11 is 0. The van der Waals surface area contributed by atoms with E-state index in [1.807, 2.05) is 30.3 Å². The number of para-hydroxylation sites is 1. The van der Waals surface area contributed by atoms with Gasteiger partial charge in [0.05, 0.1) is 6.26 Å². The van der Waals surface area contributed by atoms with Gasteiger partial charge in [-0.25, -0.2) is 0 Å². The molecule has 1 nitrogen and oxygen atoms in total. The molecule has 2 aromatic rings. The van der Waals surface area contributed by atoms with Gasteiger partial charge in [0.25, 0.3) is 0 Å². The molecule has 10 heavy (non-hydrogen) atoms. The van der Waals surface area contributed by atoms with E-state index in [1.54, 1.807) is 6.26 Å². The standard InChI is InChI=1S/C8H6O.Ni/c1-2-4-8-7(3-1)5-6-9-8;/h1-6H;. The molecule has 54 valence electrons. The van der Waals surface area contributed by atoms with E-state index in [1.165, 1.54) is 0 Å². The molecule has 0 spiro atoms. The van der Waals surface area contributed by atoms with Crippen molar-refractivity contribution in [2.75, 3.05) is 0 Å². The van der Waals surface area contributed by atoms with E-state index in [-0.39, 0.29) is 16.5 Å². The molecule has 2 rings (SSSR count). The third kappa shape index (κ3) is 1.07. The molecule has 1 aromatic carbocycles. The van der Waals surface area contributed by atoms with Crippen molar-refractivity contribution in [3.8, 4) is 0 Å². The summed E-state index contributed by atoms with van der Waals surface area (Å²) < 4.78 is 5.12. The first-order valence-electron chi connectivity index (χ1n) is 2.89. The van der Waals surface area contributed by atoms with Crippen LogP contribution in [0.2, 0.25) is 0 Å². The van der Waals surface area contributed by atoms with Gasteiger partial charge in [-0.3, -0.25) is 0 Å². The minimum absolute atomic E-state index is 0. The Morgan fingerprint density at radius 3 is 2.60 bits per heavy atom. The van der Waals surface area contributed by atoms with E-state index in [2.05, 4.69) is 0 Å². The van der Waals surface area contributed by atoms with Crippen molar-refractivity contribution < 1.29 is 20.9 Å². The van der Waals surface area contributed by atoms with Gasteiger partial charge < -0.3 is 4.42 Å². The van der Waals surface area contributed by atoms with Gasteiger partial charge in [-0.2, -0.15) is 0 Å². The number of fused-ring (bicyclic) bond motifs is 1. The van der Waals surface area contributed by atoms with Crippen molar-refractivity contribution in [1.29, 1.82) is 0 Å². The second-order valence-electron chi connectivity index (χ2n) is 1.96. The molecule has 0 unspecified atom stereocenters. The van der Waals surface area contributed by atoms with E-state index >= 15 is 0 Å². The van der Waals surface area contributed by atoms with Gasteiger partial charge in [-0.1, -0.05) is 18.2 Å². The van der Waals surface area contributed by atoms with Crippen LogP contribution < -0.4 is 0 Å². The first kappa shape index (κ1) is 7.36. The molecule has 0 aliphatic rings. The number of furan rings is 1. The zero-order valence-electron chi connectivity index (χ0n) is 5.19. The molecule has 0 aliphatic heterocycles. The molecule has 2 heteroatoms.